The average molecular weight is 282 g/mol. The monoisotopic (exact) mass is 282 g/mol. The second kappa shape index (κ2) is 4.65. The molecule has 7 heteroatoms. The van der Waals surface area contributed by atoms with Gasteiger partial charge in [0.15, 0.2) is 0 Å². The lowest BCUT2D eigenvalue weighted by Crippen LogP contribution is -2.13. The largest absolute Gasteiger partial charge is 0.478 e. The third-order valence-electron chi connectivity index (χ3n) is 2.87. The normalized spacial score (nSPS) is 11.9. The summed E-state index contributed by atoms with van der Waals surface area (Å²) in [5, 5.41) is 9.19. The molecule has 0 atom stereocenters. The van der Waals surface area contributed by atoms with E-state index in [2.05, 4.69) is 4.98 Å². The van der Waals surface area contributed by atoms with E-state index < -0.39 is 15.8 Å². The van der Waals surface area contributed by atoms with Gasteiger partial charge in [-0.2, -0.15) is 0 Å². The Morgan fingerprint density at radius 2 is 2.11 bits per heavy atom. The molecule has 0 saturated heterocycles. The number of aromatic carboxylic acids is 1. The SMILES string of the molecule is Cc1nc2cccc(C(=O)O)c2n1CCS(C)(=O)=O. The minimum Gasteiger partial charge on any atom is -0.478 e. The lowest BCUT2D eigenvalue weighted by molar-refractivity contribution is 0.0698. The van der Waals surface area contributed by atoms with Gasteiger partial charge < -0.3 is 9.67 Å². The number of imidazole rings is 1. The number of para-hydroxylation sites is 1. The zero-order valence-electron chi connectivity index (χ0n) is 10.6. The van der Waals surface area contributed by atoms with Gasteiger partial charge >= 0.3 is 5.97 Å². The molecule has 0 aliphatic carbocycles. The summed E-state index contributed by atoms with van der Waals surface area (Å²) in [6.07, 6.45) is 1.15. The van der Waals surface area contributed by atoms with E-state index in [-0.39, 0.29) is 17.9 Å². The van der Waals surface area contributed by atoms with Gasteiger partial charge in [-0.1, -0.05) is 6.07 Å². The number of hydrogen-bond donors (Lipinski definition) is 1. The maximum absolute atomic E-state index is 11.2. The molecule has 1 aromatic carbocycles. The number of carboxylic acid groups (broad SMARTS) is 1. The molecule has 0 aliphatic rings. The number of sulfone groups is 1. The van der Waals surface area contributed by atoms with Crippen molar-refractivity contribution in [2.45, 2.75) is 13.5 Å². The molecule has 1 N–H and O–H groups in total. The number of carbonyl (C=O) groups is 1. The molecule has 0 fully saturated rings. The van der Waals surface area contributed by atoms with Gasteiger partial charge in [-0.05, 0) is 19.1 Å². The summed E-state index contributed by atoms with van der Waals surface area (Å²) in [4.78, 5) is 15.5. The fourth-order valence-corrected chi connectivity index (χ4v) is 2.52. The van der Waals surface area contributed by atoms with Gasteiger partial charge in [0.2, 0.25) is 0 Å². The van der Waals surface area contributed by atoms with Crippen molar-refractivity contribution in [2.24, 2.45) is 0 Å². The van der Waals surface area contributed by atoms with Crippen LogP contribution in [0.3, 0.4) is 0 Å². The van der Waals surface area contributed by atoms with Gasteiger partial charge in [-0.15, -0.1) is 0 Å². The predicted octanol–water partition coefficient (Wildman–Crippen LogP) is 1.09. The standard InChI is InChI=1S/C12H14N2O4S/c1-8-13-10-5-3-4-9(12(15)16)11(10)14(8)6-7-19(2,17)18/h3-5H,6-7H2,1-2H3,(H,15,16). The zero-order valence-corrected chi connectivity index (χ0v) is 11.4. The van der Waals surface area contributed by atoms with Crippen LogP contribution in [0.4, 0.5) is 0 Å². The van der Waals surface area contributed by atoms with E-state index in [0.29, 0.717) is 16.9 Å². The molecule has 0 bridgehead atoms. The van der Waals surface area contributed by atoms with Crippen LogP contribution in [0.1, 0.15) is 16.2 Å². The Labute approximate surface area is 110 Å². The fourth-order valence-electron chi connectivity index (χ4n) is 2.00. The second-order valence-corrected chi connectivity index (χ2v) is 6.68. The maximum Gasteiger partial charge on any atom is 0.337 e. The van der Waals surface area contributed by atoms with Crippen LogP contribution in [0.2, 0.25) is 0 Å². The van der Waals surface area contributed by atoms with Crippen LogP contribution in [0.15, 0.2) is 18.2 Å². The maximum atomic E-state index is 11.2. The van der Waals surface area contributed by atoms with Crippen molar-refractivity contribution in [2.75, 3.05) is 12.0 Å². The lowest BCUT2D eigenvalue weighted by atomic mass is 10.2. The molecule has 19 heavy (non-hydrogen) atoms. The first-order valence-corrected chi connectivity index (χ1v) is 7.72. The van der Waals surface area contributed by atoms with Crippen molar-refractivity contribution in [3.63, 3.8) is 0 Å². The van der Waals surface area contributed by atoms with Crippen LogP contribution < -0.4 is 0 Å². The van der Waals surface area contributed by atoms with Gasteiger partial charge in [-0.25, -0.2) is 18.2 Å². The highest BCUT2D eigenvalue weighted by atomic mass is 32.2. The average Bonchev–Trinajstić information content (AvgIpc) is 2.60. The minimum absolute atomic E-state index is 0.0484. The highest BCUT2D eigenvalue weighted by Gasteiger charge is 2.16. The third-order valence-corrected chi connectivity index (χ3v) is 3.80. The number of aryl methyl sites for hydroxylation is 2. The molecular formula is C12H14N2O4S. The summed E-state index contributed by atoms with van der Waals surface area (Å²) in [6.45, 7) is 1.93. The van der Waals surface area contributed by atoms with Crippen molar-refractivity contribution < 1.29 is 18.3 Å². The Kier molecular flexibility index (Phi) is 3.32. The first kappa shape index (κ1) is 13.5. The summed E-state index contributed by atoms with van der Waals surface area (Å²) in [7, 11) is -3.11. The summed E-state index contributed by atoms with van der Waals surface area (Å²) < 4.78 is 24.1. The third kappa shape index (κ3) is 2.76. The molecule has 1 heterocycles. The number of aromatic nitrogens is 2. The van der Waals surface area contributed by atoms with Crippen LogP contribution >= 0.6 is 0 Å². The highest BCUT2D eigenvalue weighted by Crippen LogP contribution is 2.20. The van der Waals surface area contributed by atoms with E-state index in [0.717, 1.165) is 6.26 Å². The van der Waals surface area contributed by atoms with Gasteiger partial charge in [0.05, 0.1) is 22.3 Å². The predicted molar refractivity (Wildman–Crippen MR) is 71.1 cm³/mol. The summed E-state index contributed by atoms with van der Waals surface area (Å²) in [5.41, 5.74) is 1.16. The highest BCUT2D eigenvalue weighted by molar-refractivity contribution is 7.90. The van der Waals surface area contributed by atoms with E-state index in [1.54, 1.807) is 23.6 Å². The van der Waals surface area contributed by atoms with E-state index in [9.17, 15) is 18.3 Å². The minimum atomic E-state index is -3.11. The Hall–Kier alpha value is -1.89. The van der Waals surface area contributed by atoms with Crippen LogP contribution in [-0.2, 0) is 16.4 Å². The van der Waals surface area contributed by atoms with Crippen LogP contribution in [0.25, 0.3) is 11.0 Å². The molecule has 102 valence electrons. The number of carboxylic acids is 1. The summed E-state index contributed by atoms with van der Waals surface area (Å²) >= 11 is 0. The Balaban J connectivity index is 2.59. The number of benzene rings is 1. The van der Waals surface area contributed by atoms with E-state index in [1.807, 2.05) is 0 Å². The summed E-state index contributed by atoms with van der Waals surface area (Å²) in [6, 6.07) is 4.83. The number of hydrogen-bond acceptors (Lipinski definition) is 4. The van der Waals surface area contributed by atoms with Crippen LogP contribution in [-0.4, -0.2) is 41.1 Å². The molecule has 0 amide bonds. The molecule has 0 radical (unpaired) electrons. The van der Waals surface area contributed by atoms with E-state index >= 15 is 0 Å². The van der Waals surface area contributed by atoms with Crippen LogP contribution in [0.5, 0.6) is 0 Å². The Bertz CT molecular complexity index is 746. The first-order chi connectivity index (χ1) is 8.79. The van der Waals surface area contributed by atoms with Crippen molar-refractivity contribution >= 4 is 26.8 Å². The topological polar surface area (TPSA) is 89.3 Å². The Morgan fingerprint density at radius 1 is 1.42 bits per heavy atom. The van der Waals surface area contributed by atoms with Crippen molar-refractivity contribution in [1.82, 2.24) is 9.55 Å². The van der Waals surface area contributed by atoms with Crippen molar-refractivity contribution in [3.05, 3.63) is 29.6 Å². The fraction of sp³-hybridized carbons (Fsp3) is 0.333. The lowest BCUT2D eigenvalue weighted by Gasteiger charge is -2.07. The molecule has 0 unspecified atom stereocenters. The summed E-state index contributed by atoms with van der Waals surface area (Å²) in [5.74, 6) is -0.494. The first-order valence-electron chi connectivity index (χ1n) is 5.66. The van der Waals surface area contributed by atoms with Crippen LogP contribution in [0, 0.1) is 6.92 Å². The molecule has 2 aromatic rings. The van der Waals surface area contributed by atoms with Gasteiger partial charge in [0, 0.05) is 12.8 Å². The van der Waals surface area contributed by atoms with Crippen molar-refractivity contribution in [1.29, 1.82) is 0 Å². The molecule has 0 spiro atoms. The van der Waals surface area contributed by atoms with E-state index in [4.69, 9.17) is 0 Å². The molecule has 0 saturated carbocycles. The second-order valence-electron chi connectivity index (χ2n) is 4.42. The Morgan fingerprint density at radius 3 is 2.68 bits per heavy atom. The van der Waals surface area contributed by atoms with Gasteiger partial charge in [0.25, 0.3) is 0 Å². The smallest absolute Gasteiger partial charge is 0.337 e. The van der Waals surface area contributed by atoms with Crippen molar-refractivity contribution in [3.8, 4) is 0 Å². The number of nitrogens with zero attached hydrogens (tertiary/aromatic N) is 2. The molecule has 0 aliphatic heterocycles. The molecule has 6 nitrogen and oxygen atoms in total. The quantitative estimate of drug-likeness (QED) is 0.906. The zero-order chi connectivity index (χ0) is 14.2. The van der Waals surface area contributed by atoms with E-state index in [1.165, 1.54) is 6.07 Å². The molecule has 1 aromatic heterocycles. The number of rotatable bonds is 4. The molecule has 2 rings (SSSR count). The van der Waals surface area contributed by atoms with Gasteiger partial charge in [-0.3, -0.25) is 0 Å². The number of fused-ring (bicyclic) bond motifs is 1. The molecular weight excluding hydrogens is 268 g/mol. The van der Waals surface area contributed by atoms with Gasteiger partial charge in [0.1, 0.15) is 15.7 Å².